The lowest BCUT2D eigenvalue weighted by atomic mass is 9.90. The maximum absolute atomic E-state index is 14.5. The van der Waals surface area contributed by atoms with Gasteiger partial charge in [-0.15, -0.1) is 0 Å². The number of Topliss-reactive ketones (excluding diaryl/α,β-unsaturated/α-hetero) is 1. The highest BCUT2D eigenvalue weighted by atomic mass is 32.2. The fourth-order valence-corrected chi connectivity index (χ4v) is 9.50. The third-order valence-corrected chi connectivity index (χ3v) is 13.2. The molecule has 272 valence electrons. The monoisotopic (exact) mass is 719 g/mol. The van der Waals surface area contributed by atoms with Gasteiger partial charge in [0.1, 0.15) is 11.9 Å². The van der Waals surface area contributed by atoms with E-state index >= 15 is 0 Å². The first-order chi connectivity index (χ1) is 24.5. The molecule has 3 amide bonds. The molecule has 0 aromatic heterocycles. The molecule has 5 aliphatic rings. The van der Waals surface area contributed by atoms with Crippen LogP contribution in [0.15, 0.2) is 60.7 Å². The molecule has 51 heavy (non-hydrogen) atoms. The van der Waals surface area contributed by atoms with E-state index in [1.807, 2.05) is 42.5 Å². The van der Waals surface area contributed by atoms with Gasteiger partial charge in [-0.2, -0.15) is 0 Å². The Hall–Kier alpha value is -4.06. The van der Waals surface area contributed by atoms with Crippen molar-refractivity contribution < 1.29 is 36.7 Å². The number of carbonyl (C=O) groups excluding carboxylic acids is 4. The molecule has 2 aliphatic carbocycles. The first-order valence-electron chi connectivity index (χ1n) is 18.4. The number of allylic oxidation sites excluding steroid dienone is 2. The smallest absolute Gasteiger partial charge is 0.410 e. The third kappa shape index (κ3) is 7.76. The van der Waals surface area contributed by atoms with Gasteiger partial charge in [0, 0.05) is 30.9 Å². The van der Waals surface area contributed by atoms with E-state index in [0.29, 0.717) is 49.7 Å². The van der Waals surface area contributed by atoms with Crippen molar-refractivity contribution in [3.63, 3.8) is 0 Å². The topological polar surface area (TPSA) is 130 Å². The van der Waals surface area contributed by atoms with Gasteiger partial charge in [-0.1, -0.05) is 67.5 Å². The number of aryl methyl sites for hydroxylation is 1. The number of fused-ring (bicyclic) bond motifs is 3. The second-order valence-corrected chi connectivity index (χ2v) is 17.0. The molecule has 0 bridgehead atoms. The molecule has 3 heterocycles. The van der Waals surface area contributed by atoms with Crippen molar-refractivity contribution in [2.75, 3.05) is 6.54 Å². The Balaban J connectivity index is 1.13. The number of ketones is 1. The molecule has 0 spiro atoms. The highest BCUT2D eigenvalue weighted by Gasteiger charge is 2.61. The summed E-state index contributed by atoms with van der Waals surface area (Å²) >= 11 is 0. The Bertz CT molecular complexity index is 1810. The summed E-state index contributed by atoms with van der Waals surface area (Å²) in [5.41, 5.74) is 1.04. The highest BCUT2D eigenvalue weighted by molar-refractivity contribution is 7.90. The van der Waals surface area contributed by atoms with Crippen LogP contribution in [0.2, 0.25) is 0 Å². The highest BCUT2D eigenvalue weighted by Crippen LogP contribution is 2.57. The number of carbonyl (C=O) groups is 4. The van der Waals surface area contributed by atoms with Gasteiger partial charge in [0.25, 0.3) is 0 Å². The molecule has 2 saturated carbocycles. The molecule has 0 unspecified atom stereocenters. The van der Waals surface area contributed by atoms with Gasteiger partial charge in [-0.3, -0.25) is 24.0 Å². The standard InChI is InChI=1S/C39H46FN3O7S/c40-33-15-9-13-28-23-42(25-32(28)33)38(47)50-30-20-34-35(44)22-39(37(46)41-51(48,49)31-18-19-31)21-29(39)14-8-3-1-2-7-12-27(36(45)43(34)24-30)17-16-26-10-5-4-6-11-26/h4-6,8-11,13-15,27,29-31,34H,1-3,7,12,16-25H2,(H,41,46)/b14-8-/t27-,29-,30-,34+,39-/m1/s1. The van der Waals surface area contributed by atoms with Crippen LogP contribution in [-0.2, 0) is 48.7 Å². The van der Waals surface area contributed by atoms with Crippen LogP contribution in [0.3, 0.4) is 0 Å². The Morgan fingerprint density at radius 2 is 1.78 bits per heavy atom. The SMILES string of the molecule is O=C1C[C@]2(C(=O)NS(=O)(=O)C3CC3)C[C@H]2/C=C\CCCCC[C@H](CCc2ccccc2)C(=O)N2C[C@H](OC(=O)N3Cc4cccc(F)c4C3)C[C@@H]12. The van der Waals surface area contributed by atoms with Gasteiger partial charge < -0.3 is 9.64 Å². The Morgan fingerprint density at radius 1 is 0.980 bits per heavy atom. The van der Waals surface area contributed by atoms with Gasteiger partial charge in [0.15, 0.2) is 5.78 Å². The van der Waals surface area contributed by atoms with Gasteiger partial charge in [-0.05, 0) is 74.5 Å². The number of amides is 3. The number of nitrogens with one attached hydrogen (secondary N) is 1. The van der Waals surface area contributed by atoms with Crippen molar-refractivity contribution in [2.24, 2.45) is 17.3 Å². The second-order valence-electron chi connectivity index (χ2n) is 15.1. The molecule has 10 nitrogen and oxygen atoms in total. The number of ether oxygens (including phenoxy) is 1. The average Bonchev–Trinajstić information content (AvgIpc) is 3.99. The van der Waals surface area contributed by atoms with E-state index in [9.17, 15) is 32.0 Å². The van der Waals surface area contributed by atoms with Crippen LogP contribution in [0, 0.1) is 23.1 Å². The van der Waals surface area contributed by atoms with Crippen molar-refractivity contribution in [3.8, 4) is 0 Å². The van der Waals surface area contributed by atoms with E-state index in [-0.39, 0.29) is 61.8 Å². The molecule has 2 aromatic rings. The summed E-state index contributed by atoms with van der Waals surface area (Å²) in [7, 11) is -3.83. The Labute approximate surface area is 298 Å². The lowest BCUT2D eigenvalue weighted by molar-refractivity contribution is -0.142. The zero-order valence-corrected chi connectivity index (χ0v) is 29.6. The molecule has 3 aliphatic heterocycles. The van der Waals surface area contributed by atoms with Crippen molar-refractivity contribution in [2.45, 2.75) is 108 Å². The number of hydrogen-bond acceptors (Lipinski definition) is 7. The van der Waals surface area contributed by atoms with Crippen molar-refractivity contribution in [1.29, 1.82) is 0 Å². The second kappa shape index (κ2) is 14.5. The summed E-state index contributed by atoms with van der Waals surface area (Å²) < 4.78 is 48.2. The number of nitrogens with zero attached hydrogens (tertiary/aromatic N) is 2. The predicted octanol–water partition coefficient (Wildman–Crippen LogP) is 5.59. The number of hydrogen-bond donors (Lipinski definition) is 1. The molecule has 2 aromatic carbocycles. The average molecular weight is 720 g/mol. The summed E-state index contributed by atoms with van der Waals surface area (Å²) in [5.74, 6) is -2.22. The van der Waals surface area contributed by atoms with Crippen LogP contribution in [-0.4, -0.2) is 65.8 Å². The summed E-state index contributed by atoms with van der Waals surface area (Å²) in [6, 6.07) is 13.7. The fraction of sp³-hybridized carbons (Fsp3) is 0.538. The van der Waals surface area contributed by atoms with E-state index < -0.39 is 44.8 Å². The van der Waals surface area contributed by atoms with E-state index in [1.165, 1.54) is 11.0 Å². The zero-order chi connectivity index (χ0) is 35.8. The number of halogens is 1. The molecule has 12 heteroatoms. The number of sulfonamides is 1. The minimum Gasteiger partial charge on any atom is -0.444 e. The molecule has 7 rings (SSSR count). The Kier molecular flexibility index (Phi) is 10.1. The first-order valence-corrected chi connectivity index (χ1v) is 19.9. The summed E-state index contributed by atoms with van der Waals surface area (Å²) in [6.07, 6.45) is 9.11. The lowest BCUT2D eigenvalue weighted by Crippen LogP contribution is -2.46. The fourth-order valence-electron chi connectivity index (χ4n) is 8.11. The molecule has 0 radical (unpaired) electrons. The van der Waals surface area contributed by atoms with Crippen molar-refractivity contribution >= 4 is 33.7 Å². The first kappa shape index (κ1) is 35.3. The van der Waals surface area contributed by atoms with E-state index in [4.69, 9.17) is 4.74 Å². The van der Waals surface area contributed by atoms with Crippen LogP contribution in [0.4, 0.5) is 9.18 Å². The van der Waals surface area contributed by atoms with Gasteiger partial charge >= 0.3 is 6.09 Å². The van der Waals surface area contributed by atoms with Crippen LogP contribution in [0.1, 0.15) is 87.3 Å². The van der Waals surface area contributed by atoms with E-state index in [2.05, 4.69) is 4.72 Å². The predicted molar refractivity (Wildman–Crippen MR) is 187 cm³/mol. The Morgan fingerprint density at radius 3 is 2.55 bits per heavy atom. The van der Waals surface area contributed by atoms with Gasteiger partial charge in [0.2, 0.25) is 21.8 Å². The third-order valence-electron chi connectivity index (χ3n) is 11.4. The molecule has 5 atom stereocenters. The number of rotatable bonds is 7. The molecule has 1 saturated heterocycles. The summed E-state index contributed by atoms with van der Waals surface area (Å²) in [6.45, 7) is 0.286. The van der Waals surface area contributed by atoms with E-state index in [1.54, 1.807) is 17.0 Å². The van der Waals surface area contributed by atoms with Crippen LogP contribution in [0.5, 0.6) is 0 Å². The van der Waals surface area contributed by atoms with Crippen molar-refractivity contribution in [1.82, 2.24) is 14.5 Å². The summed E-state index contributed by atoms with van der Waals surface area (Å²) in [5, 5.41) is -0.588. The van der Waals surface area contributed by atoms with Crippen LogP contribution >= 0.6 is 0 Å². The minimum atomic E-state index is -3.83. The normalized spacial score (nSPS) is 28.9. The van der Waals surface area contributed by atoms with E-state index in [0.717, 1.165) is 31.2 Å². The number of benzene rings is 2. The quantitative estimate of drug-likeness (QED) is 0.370. The van der Waals surface area contributed by atoms with Gasteiger partial charge in [0.05, 0.1) is 29.8 Å². The molecular weight excluding hydrogens is 674 g/mol. The van der Waals surface area contributed by atoms with Crippen molar-refractivity contribution in [3.05, 3.63) is 83.2 Å². The molecular formula is C39H46FN3O7S. The lowest BCUT2D eigenvalue weighted by Gasteiger charge is -2.29. The zero-order valence-electron chi connectivity index (χ0n) is 28.8. The largest absolute Gasteiger partial charge is 0.444 e. The van der Waals surface area contributed by atoms with Gasteiger partial charge in [-0.25, -0.2) is 17.6 Å². The minimum absolute atomic E-state index is 0.0244. The molecule has 1 N–H and O–H groups in total. The van der Waals surface area contributed by atoms with Crippen LogP contribution in [0.25, 0.3) is 0 Å². The molecule has 3 fully saturated rings. The maximum atomic E-state index is 14.5. The van der Waals surface area contributed by atoms with Crippen LogP contribution < -0.4 is 4.72 Å². The maximum Gasteiger partial charge on any atom is 0.410 e. The summed E-state index contributed by atoms with van der Waals surface area (Å²) in [4.78, 5) is 58.9.